The number of hydrogen-bond acceptors (Lipinski definition) is 5. The van der Waals surface area contributed by atoms with Crippen molar-refractivity contribution in [1.82, 2.24) is 0 Å². The molecule has 0 aliphatic carbocycles. The normalized spacial score (nSPS) is 12.0. The van der Waals surface area contributed by atoms with Crippen LogP contribution in [-0.2, 0) is 20.9 Å². The molecule has 5 nitrogen and oxygen atoms in total. The van der Waals surface area contributed by atoms with E-state index in [1.165, 1.54) is 5.38 Å². The molecule has 1 N–H and O–H groups in total. The van der Waals surface area contributed by atoms with E-state index < -0.39 is 44.1 Å². The minimum Gasteiger partial charge on any atom is -0.465 e. The number of methoxy groups -OCH3 is 1. The number of halogens is 4. The number of benzene rings is 1. The topological polar surface area (TPSA) is 72.5 Å². The largest absolute Gasteiger partial charge is 0.465 e. The Balaban J connectivity index is 2.41. The Hall–Kier alpha value is -2.14. The minimum atomic E-state index is -4.98. The average Bonchev–Trinajstić information content (AvgIpc) is 2.97. The maximum Gasteiger partial charge on any atom is 0.419 e. The van der Waals surface area contributed by atoms with E-state index in [2.05, 4.69) is 4.74 Å². The summed E-state index contributed by atoms with van der Waals surface area (Å²) in [5.41, 5.74) is -2.10. The highest BCUT2D eigenvalue weighted by Crippen LogP contribution is 2.34. The molecule has 2 rings (SSSR count). The molecule has 0 fully saturated rings. The Labute approximate surface area is 137 Å². The van der Waals surface area contributed by atoms with Crippen molar-refractivity contribution in [3.63, 3.8) is 0 Å². The van der Waals surface area contributed by atoms with Gasteiger partial charge >= 0.3 is 12.1 Å². The number of carbonyl (C=O) groups excluding carboxylic acids is 1. The monoisotopic (exact) mass is 383 g/mol. The van der Waals surface area contributed by atoms with E-state index >= 15 is 0 Å². The van der Waals surface area contributed by atoms with Gasteiger partial charge in [-0.2, -0.15) is 13.2 Å². The number of anilines is 1. The van der Waals surface area contributed by atoms with Crippen molar-refractivity contribution in [2.75, 3.05) is 11.8 Å². The molecular formula is C13H9F4NO4S2. The summed E-state index contributed by atoms with van der Waals surface area (Å²) in [6.45, 7) is 0. The summed E-state index contributed by atoms with van der Waals surface area (Å²) in [7, 11) is -3.30. The van der Waals surface area contributed by atoms with Crippen LogP contribution in [-0.4, -0.2) is 21.5 Å². The predicted molar refractivity (Wildman–Crippen MR) is 77.9 cm³/mol. The zero-order valence-corrected chi connectivity index (χ0v) is 13.5. The van der Waals surface area contributed by atoms with Crippen LogP contribution >= 0.6 is 11.3 Å². The van der Waals surface area contributed by atoms with Crippen molar-refractivity contribution >= 4 is 33.0 Å². The Morgan fingerprint density at radius 3 is 2.50 bits per heavy atom. The first kappa shape index (κ1) is 18.2. The van der Waals surface area contributed by atoms with Crippen LogP contribution in [0, 0.1) is 5.82 Å². The molecule has 0 aliphatic heterocycles. The van der Waals surface area contributed by atoms with Gasteiger partial charge in [-0.1, -0.05) is 0 Å². The standard InChI is InChI=1S/C13H9F4NO4S2/c1-22-12(19)11-10(4-5-23-11)24(20,21)18-7-2-3-9(14)8(6-7)13(15,16)17/h2-6,18H,1H3. The van der Waals surface area contributed by atoms with Gasteiger partial charge in [-0.15, -0.1) is 11.3 Å². The van der Waals surface area contributed by atoms with Crippen LogP contribution in [0.25, 0.3) is 0 Å². The number of thiophene rings is 1. The third-order valence-electron chi connectivity index (χ3n) is 2.81. The zero-order chi connectivity index (χ0) is 18.1. The number of ether oxygens (including phenoxy) is 1. The fourth-order valence-electron chi connectivity index (χ4n) is 1.77. The molecule has 2 aromatic rings. The van der Waals surface area contributed by atoms with Gasteiger partial charge in [0.25, 0.3) is 10.0 Å². The minimum absolute atomic E-state index is 0.233. The van der Waals surface area contributed by atoms with Crippen LogP contribution < -0.4 is 4.72 Å². The third-order valence-corrected chi connectivity index (χ3v) is 5.26. The smallest absolute Gasteiger partial charge is 0.419 e. The van der Waals surface area contributed by atoms with Crippen molar-refractivity contribution < 1.29 is 35.5 Å². The van der Waals surface area contributed by atoms with Gasteiger partial charge in [-0.05, 0) is 29.6 Å². The number of nitrogens with one attached hydrogen (secondary N) is 1. The Morgan fingerprint density at radius 1 is 1.25 bits per heavy atom. The number of esters is 1. The summed E-state index contributed by atoms with van der Waals surface area (Å²) in [6.07, 6.45) is -4.98. The van der Waals surface area contributed by atoms with E-state index in [9.17, 15) is 30.8 Å². The van der Waals surface area contributed by atoms with Gasteiger partial charge in [0.05, 0.1) is 12.7 Å². The summed E-state index contributed by atoms with van der Waals surface area (Å²) < 4.78 is 82.1. The van der Waals surface area contributed by atoms with Crippen molar-refractivity contribution in [3.05, 3.63) is 45.9 Å². The van der Waals surface area contributed by atoms with Crippen molar-refractivity contribution in [3.8, 4) is 0 Å². The molecule has 0 saturated carbocycles. The van der Waals surface area contributed by atoms with Crippen LogP contribution in [0.2, 0.25) is 0 Å². The van der Waals surface area contributed by atoms with Gasteiger partial charge in [0, 0.05) is 5.69 Å². The molecule has 24 heavy (non-hydrogen) atoms. The van der Waals surface area contributed by atoms with E-state index in [1.807, 2.05) is 4.72 Å². The highest BCUT2D eigenvalue weighted by Gasteiger charge is 2.34. The SMILES string of the molecule is COC(=O)c1sccc1S(=O)(=O)Nc1ccc(F)c(C(F)(F)F)c1. The molecule has 0 bridgehead atoms. The van der Waals surface area contributed by atoms with E-state index in [1.54, 1.807) is 0 Å². The first-order valence-corrected chi connectivity index (χ1v) is 8.48. The van der Waals surface area contributed by atoms with Gasteiger partial charge in [-0.25, -0.2) is 17.6 Å². The third kappa shape index (κ3) is 3.67. The first-order chi connectivity index (χ1) is 11.1. The van der Waals surface area contributed by atoms with Crippen molar-refractivity contribution in [2.24, 2.45) is 0 Å². The van der Waals surface area contributed by atoms with Crippen LogP contribution in [0.1, 0.15) is 15.2 Å². The highest BCUT2D eigenvalue weighted by molar-refractivity contribution is 7.93. The van der Waals surface area contributed by atoms with E-state index in [0.29, 0.717) is 12.1 Å². The Kier molecular flexibility index (Phi) is 4.85. The second-order valence-corrected chi connectivity index (χ2v) is 6.97. The van der Waals surface area contributed by atoms with Crippen molar-refractivity contribution in [1.29, 1.82) is 0 Å². The summed E-state index contributed by atoms with van der Waals surface area (Å²) in [5, 5.41) is 1.31. The molecular weight excluding hydrogens is 374 g/mol. The molecule has 0 saturated heterocycles. The van der Waals surface area contributed by atoms with Crippen LogP contribution in [0.4, 0.5) is 23.2 Å². The van der Waals surface area contributed by atoms with Gasteiger partial charge in [0.1, 0.15) is 15.6 Å². The molecule has 0 aliphatic rings. The average molecular weight is 383 g/mol. The fraction of sp³-hybridized carbons (Fsp3) is 0.154. The van der Waals surface area contributed by atoms with E-state index in [4.69, 9.17) is 0 Å². The number of rotatable bonds is 4. The first-order valence-electron chi connectivity index (χ1n) is 6.11. The molecule has 0 spiro atoms. The molecule has 130 valence electrons. The van der Waals surface area contributed by atoms with Gasteiger partial charge in [0.2, 0.25) is 0 Å². The van der Waals surface area contributed by atoms with Crippen molar-refractivity contribution in [2.45, 2.75) is 11.1 Å². The fourth-order valence-corrected chi connectivity index (χ4v) is 4.15. The summed E-state index contributed by atoms with van der Waals surface area (Å²) >= 11 is 0.796. The molecule has 0 amide bonds. The maximum absolute atomic E-state index is 13.2. The molecule has 0 radical (unpaired) electrons. The molecule has 1 heterocycles. The van der Waals surface area contributed by atoms with Gasteiger partial charge < -0.3 is 4.74 Å². The lowest BCUT2D eigenvalue weighted by molar-refractivity contribution is -0.139. The molecule has 11 heteroatoms. The summed E-state index contributed by atoms with van der Waals surface area (Å²) in [5.74, 6) is -2.43. The molecule has 1 aromatic carbocycles. The molecule has 1 aromatic heterocycles. The van der Waals surface area contributed by atoms with Crippen LogP contribution in [0.3, 0.4) is 0 Å². The number of hydrogen-bond donors (Lipinski definition) is 1. The summed E-state index contributed by atoms with van der Waals surface area (Å²) in [6, 6.07) is 2.77. The Morgan fingerprint density at radius 2 is 1.92 bits per heavy atom. The number of carbonyl (C=O) groups is 1. The lowest BCUT2D eigenvalue weighted by Gasteiger charge is -2.12. The number of alkyl halides is 3. The Bertz CT molecular complexity index is 874. The number of sulfonamides is 1. The lowest BCUT2D eigenvalue weighted by Crippen LogP contribution is -2.17. The van der Waals surface area contributed by atoms with Gasteiger partial charge in [-0.3, -0.25) is 4.72 Å². The summed E-state index contributed by atoms with van der Waals surface area (Å²) in [4.78, 5) is 10.8. The predicted octanol–water partition coefficient (Wildman–Crippen LogP) is 3.49. The van der Waals surface area contributed by atoms with E-state index in [0.717, 1.165) is 30.6 Å². The zero-order valence-electron chi connectivity index (χ0n) is 11.8. The van der Waals surface area contributed by atoms with E-state index in [-0.39, 0.29) is 4.88 Å². The highest BCUT2D eigenvalue weighted by atomic mass is 32.2. The molecule has 0 unspecified atom stereocenters. The van der Waals surface area contributed by atoms with Crippen LogP contribution in [0.15, 0.2) is 34.5 Å². The van der Waals surface area contributed by atoms with Crippen LogP contribution in [0.5, 0.6) is 0 Å². The second kappa shape index (κ2) is 6.40. The quantitative estimate of drug-likeness (QED) is 0.648. The maximum atomic E-state index is 13.2. The lowest BCUT2D eigenvalue weighted by atomic mass is 10.2. The van der Waals surface area contributed by atoms with Gasteiger partial charge in [0.15, 0.2) is 0 Å². The second-order valence-electron chi connectivity index (χ2n) is 4.40. The molecule has 0 atom stereocenters.